The number of carbonyl (C=O) groups is 3. The van der Waals surface area contributed by atoms with Gasteiger partial charge in [-0.25, -0.2) is 0 Å². The number of allylic oxidation sites excluding steroid dienone is 1. The highest BCUT2D eigenvalue weighted by atomic mass is 32.1. The molecule has 3 rings (SSSR count). The highest BCUT2D eigenvalue weighted by molar-refractivity contribution is 7.09. The molecule has 1 N–H and O–H groups in total. The third kappa shape index (κ3) is 6.55. The molecule has 8 heteroatoms. The monoisotopic (exact) mass is 511 g/mol. The SMILES string of the molecule is COc1ccc(CN2C(=O)C(CC(=O)NCc3cccs3)CC(C(=O)N(C(C)C)C(C)C)=C2C)cc1. The van der Waals surface area contributed by atoms with Gasteiger partial charge in [0, 0.05) is 34.7 Å². The Balaban J connectivity index is 1.88. The molecule has 0 aliphatic carbocycles. The van der Waals surface area contributed by atoms with E-state index >= 15 is 0 Å². The average molecular weight is 512 g/mol. The summed E-state index contributed by atoms with van der Waals surface area (Å²) in [5.74, 6) is -0.269. The van der Waals surface area contributed by atoms with E-state index in [0.717, 1.165) is 16.2 Å². The van der Waals surface area contributed by atoms with Gasteiger partial charge in [-0.15, -0.1) is 11.3 Å². The largest absolute Gasteiger partial charge is 0.497 e. The smallest absolute Gasteiger partial charge is 0.252 e. The fourth-order valence-electron chi connectivity index (χ4n) is 4.66. The lowest BCUT2D eigenvalue weighted by molar-refractivity contribution is -0.139. The first-order valence-electron chi connectivity index (χ1n) is 12.4. The van der Waals surface area contributed by atoms with Gasteiger partial charge in [0.15, 0.2) is 0 Å². The van der Waals surface area contributed by atoms with E-state index in [9.17, 15) is 14.4 Å². The number of benzene rings is 1. The predicted octanol–water partition coefficient (Wildman–Crippen LogP) is 4.73. The molecule has 3 amide bonds. The Morgan fingerprint density at radius 2 is 1.81 bits per heavy atom. The summed E-state index contributed by atoms with van der Waals surface area (Å²) < 4.78 is 5.25. The van der Waals surface area contributed by atoms with E-state index in [4.69, 9.17) is 4.74 Å². The number of rotatable bonds is 10. The fraction of sp³-hybridized carbons (Fsp3) is 0.464. The van der Waals surface area contributed by atoms with Gasteiger partial charge < -0.3 is 19.9 Å². The van der Waals surface area contributed by atoms with Gasteiger partial charge in [-0.2, -0.15) is 0 Å². The Morgan fingerprint density at radius 1 is 1.14 bits per heavy atom. The second kappa shape index (κ2) is 12.2. The maximum atomic E-state index is 13.7. The Labute approximate surface area is 218 Å². The van der Waals surface area contributed by atoms with Crippen molar-refractivity contribution in [1.29, 1.82) is 0 Å². The van der Waals surface area contributed by atoms with Crippen molar-refractivity contribution in [1.82, 2.24) is 15.1 Å². The number of ether oxygens (including phenoxy) is 1. The molecule has 0 fully saturated rings. The van der Waals surface area contributed by atoms with Gasteiger partial charge in [-0.3, -0.25) is 14.4 Å². The van der Waals surface area contributed by atoms with E-state index in [-0.39, 0.29) is 42.6 Å². The third-order valence-electron chi connectivity index (χ3n) is 6.48. The van der Waals surface area contributed by atoms with E-state index in [1.54, 1.807) is 23.3 Å². The lowest BCUT2D eigenvalue weighted by atomic mass is 9.87. The molecule has 194 valence electrons. The van der Waals surface area contributed by atoms with Crippen LogP contribution >= 0.6 is 11.3 Å². The van der Waals surface area contributed by atoms with Crippen molar-refractivity contribution >= 4 is 29.1 Å². The minimum Gasteiger partial charge on any atom is -0.497 e. The number of hydrogen-bond acceptors (Lipinski definition) is 5. The molecule has 1 unspecified atom stereocenters. The minimum atomic E-state index is -0.601. The number of carbonyl (C=O) groups excluding carboxylic acids is 3. The molecule has 7 nitrogen and oxygen atoms in total. The molecule has 0 radical (unpaired) electrons. The third-order valence-corrected chi connectivity index (χ3v) is 7.36. The molecule has 1 aliphatic heterocycles. The van der Waals surface area contributed by atoms with Crippen LogP contribution in [0.3, 0.4) is 0 Å². The molecule has 2 heterocycles. The van der Waals surface area contributed by atoms with Crippen molar-refractivity contribution < 1.29 is 19.1 Å². The highest BCUT2D eigenvalue weighted by Crippen LogP contribution is 2.33. The standard InChI is InChI=1S/C28H37N3O4S/c1-18(2)31(19(3)4)28(34)25-14-22(15-26(32)29-16-24-8-7-13-36-24)27(33)30(20(25)5)17-21-9-11-23(35-6)12-10-21/h7-13,18-19,22H,14-17H2,1-6H3,(H,29,32). The Hall–Kier alpha value is -3.13. The summed E-state index contributed by atoms with van der Waals surface area (Å²) >= 11 is 1.57. The van der Waals surface area contributed by atoms with Gasteiger partial charge in [-0.1, -0.05) is 18.2 Å². The molecule has 0 bridgehead atoms. The molecule has 36 heavy (non-hydrogen) atoms. The average Bonchev–Trinajstić information content (AvgIpc) is 3.36. The van der Waals surface area contributed by atoms with E-state index in [1.165, 1.54) is 0 Å². The van der Waals surface area contributed by atoms with Crippen LogP contribution < -0.4 is 10.1 Å². The van der Waals surface area contributed by atoms with Crippen LogP contribution in [0.25, 0.3) is 0 Å². The maximum Gasteiger partial charge on any atom is 0.252 e. The summed E-state index contributed by atoms with van der Waals surface area (Å²) in [6.45, 7) is 10.6. The van der Waals surface area contributed by atoms with Crippen LogP contribution in [-0.4, -0.2) is 46.7 Å². The molecular formula is C28H37N3O4S. The van der Waals surface area contributed by atoms with E-state index < -0.39 is 5.92 Å². The number of thiophene rings is 1. The topological polar surface area (TPSA) is 79.0 Å². The van der Waals surface area contributed by atoms with Crippen molar-refractivity contribution in [2.45, 2.75) is 72.6 Å². The highest BCUT2D eigenvalue weighted by Gasteiger charge is 2.38. The number of hydrogen-bond donors (Lipinski definition) is 1. The summed E-state index contributed by atoms with van der Waals surface area (Å²) in [6.07, 6.45) is 0.293. The van der Waals surface area contributed by atoms with Gasteiger partial charge in [0.2, 0.25) is 11.8 Å². The lowest BCUT2D eigenvalue weighted by Crippen LogP contribution is -2.47. The zero-order valence-corrected chi connectivity index (χ0v) is 22.9. The predicted molar refractivity (Wildman–Crippen MR) is 142 cm³/mol. The van der Waals surface area contributed by atoms with Gasteiger partial charge in [0.25, 0.3) is 5.91 Å². The van der Waals surface area contributed by atoms with E-state index in [0.29, 0.717) is 24.4 Å². The van der Waals surface area contributed by atoms with Crippen LogP contribution in [0.2, 0.25) is 0 Å². The normalized spacial score (nSPS) is 16.1. The summed E-state index contributed by atoms with van der Waals surface area (Å²) in [5.41, 5.74) is 2.17. The van der Waals surface area contributed by atoms with Crippen molar-refractivity contribution in [3.63, 3.8) is 0 Å². The Bertz CT molecular complexity index is 1080. The first kappa shape index (κ1) is 27.5. The lowest BCUT2D eigenvalue weighted by Gasteiger charge is -2.38. The van der Waals surface area contributed by atoms with Gasteiger partial charge >= 0.3 is 0 Å². The molecule has 2 aromatic rings. The fourth-order valence-corrected chi connectivity index (χ4v) is 5.30. The number of nitrogens with zero attached hydrogens (tertiary/aromatic N) is 2. The Kier molecular flexibility index (Phi) is 9.31. The number of methoxy groups -OCH3 is 1. The Morgan fingerprint density at radius 3 is 2.36 bits per heavy atom. The molecule has 1 aromatic heterocycles. The maximum absolute atomic E-state index is 13.7. The first-order chi connectivity index (χ1) is 17.1. The molecule has 1 aliphatic rings. The quantitative estimate of drug-likeness (QED) is 0.500. The number of amides is 3. The molecular weight excluding hydrogens is 474 g/mol. The van der Waals surface area contributed by atoms with E-state index in [2.05, 4.69) is 5.32 Å². The molecule has 0 spiro atoms. The van der Waals surface area contributed by atoms with Gasteiger partial charge in [-0.05, 0) is 70.2 Å². The second-order valence-electron chi connectivity index (χ2n) is 9.70. The van der Waals surface area contributed by atoms with E-state index in [1.807, 2.05) is 81.3 Å². The van der Waals surface area contributed by atoms with Crippen molar-refractivity contribution in [3.05, 3.63) is 63.5 Å². The molecule has 1 atom stereocenters. The van der Waals surface area contributed by atoms with Crippen LogP contribution in [0.4, 0.5) is 0 Å². The van der Waals surface area contributed by atoms with Crippen molar-refractivity contribution in [2.75, 3.05) is 7.11 Å². The second-order valence-corrected chi connectivity index (χ2v) is 10.7. The molecule has 0 saturated heterocycles. The van der Waals surface area contributed by atoms with Crippen LogP contribution in [-0.2, 0) is 27.5 Å². The zero-order valence-electron chi connectivity index (χ0n) is 22.0. The zero-order chi connectivity index (χ0) is 26.4. The van der Waals surface area contributed by atoms with Crippen LogP contribution in [0.15, 0.2) is 53.0 Å². The molecule has 1 aromatic carbocycles. The first-order valence-corrected chi connectivity index (χ1v) is 13.3. The summed E-state index contributed by atoms with van der Waals surface area (Å²) in [5, 5.41) is 4.88. The summed E-state index contributed by atoms with van der Waals surface area (Å²) in [6, 6.07) is 11.4. The van der Waals surface area contributed by atoms with Gasteiger partial charge in [0.1, 0.15) is 5.75 Å². The summed E-state index contributed by atoms with van der Waals surface area (Å²) in [7, 11) is 1.61. The van der Waals surface area contributed by atoms with Crippen LogP contribution in [0.5, 0.6) is 5.75 Å². The number of nitrogens with one attached hydrogen (secondary N) is 1. The molecule has 0 saturated carbocycles. The summed E-state index contributed by atoms with van der Waals surface area (Å²) in [4.78, 5) is 44.7. The van der Waals surface area contributed by atoms with Crippen LogP contribution in [0, 0.1) is 5.92 Å². The van der Waals surface area contributed by atoms with Crippen molar-refractivity contribution in [3.8, 4) is 5.75 Å². The van der Waals surface area contributed by atoms with Gasteiger partial charge in [0.05, 0.1) is 26.1 Å². The minimum absolute atomic E-state index is 0.0120. The van der Waals surface area contributed by atoms with Crippen molar-refractivity contribution in [2.24, 2.45) is 5.92 Å². The van der Waals surface area contributed by atoms with Crippen LogP contribution in [0.1, 0.15) is 57.9 Å².